The van der Waals surface area contributed by atoms with Crippen LogP contribution in [-0.2, 0) is 6.42 Å². The Kier molecular flexibility index (Phi) is 3.19. The van der Waals surface area contributed by atoms with Crippen LogP contribution in [0.2, 0.25) is 0 Å². The van der Waals surface area contributed by atoms with Gasteiger partial charge >= 0.3 is 0 Å². The summed E-state index contributed by atoms with van der Waals surface area (Å²) in [7, 11) is 0. The number of halogens is 2. The SMILES string of the molecule is O=c1cc[nH]c(Cc2cccc(F)c2)c1Br. The van der Waals surface area contributed by atoms with E-state index in [4.69, 9.17) is 0 Å². The number of hydrogen-bond acceptors (Lipinski definition) is 1. The highest BCUT2D eigenvalue weighted by Crippen LogP contribution is 2.14. The zero-order valence-corrected chi connectivity index (χ0v) is 9.92. The molecule has 0 aliphatic rings. The van der Waals surface area contributed by atoms with Crippen LogP contribution in [0.5, 0.6) is 0 Å². The third-order valence-electron chi connectivity index (χ3n) is 2.24. The summed E-state index contributed by atoms with van der Waals surface area (Å²) in [4.78, 5) is 14.3. The Morgan fingerprint density at radius 3 is 2.88 bits per heavy atom. The zero-order chi connectivity index (χ0) is 11.5. The molecular formula is C12H9BrFNO. The summed E-state index contributed by atoms with van der Waals surface area (Å²) in [5, 5.41) is 0. The van der Waals surface area contributed by atoms with Crippen molar-refractivity contribution < 1.29 is 4.39 Å². The van der Waals surface area contributed by atoms with Crippen molar-refractivity contribution in [2.24, 2.45) is 0 Å². The Morgan fingerprint density at radius 2 is 2.12 bits per heavy atom. The van der Waals surface area contributed by atoms with Gasteiger partial charge in [0.05, 0.1) is 4.47 Å². The third-order valence-corrected chi connectivity index (χ3v) is 3.11. The number of nitrogens with one attached hydrogen (secondary N) is 1. The number of aromatic nitrogens is 1. The van der Waals surface area contributed by atoms with Gasteiger partial charge in [-0.25, -0.2) is 4.39 Å². The van der Waals surface area contributed by atoms with Gasteiger partial charge in [0.1, 0.15) is 5.82 Å². The van der Waals surface area contributed by atoms with Crippen LogP contribution in [0, 0.1) is 5.82 Å². The van der Waals surface area contributed by atoms with Gasteiger partial charge in [0, 0.05) is 24.4 Å². The number of hydrogen-bond donors (Lipinski definition) is 1. The molecule has 82 valence electrons. The largest absolute Gasteiger partial charge is 0.364 e. The highest BCUT2D eigenvalue weighted by atomic mass is 79.9. The zero-order valence-electron chi connectivity index (χ0n) is 8.34. The first-order chi connectivity index (χ1) is 7.66. The molecule has 0 spiro atoms. The molecule has 2 aromatic rings. The average molecular weight is 282 g/mol. The lowest BCUT2D eigenvalue weighted by molar-refractivity contribution is 0.626. The van der Waals surface area contributed by atoms with E-state index in [0.29, 0.717) is 10.9 Å². The summed E-state index contributed by atoms with van der Waals surface area (Å²) in [5.74, 6) is -0.271. The Balaban J connectivity index is 2.34. The monoisotopic (exact) mass is 281 g/mol. The van der Waals surface area contributed by atoms with Crippen molar-refractivity contribution >= 4 is 15.9 Å². The van der Waals surface area contributed by atoms with Crippen molar-refractivity contribution in [2.45, 2.75) is 6.42 Å². The van der Waals surface area contributed by atoms with Crippen LogP contribution < -0.4 is 5.43 Å². The van der Waals surface area contributed by atoms with E-state index in [-0.39, 0.29) is 11.2 Å². The van der Waals surface area contributed by atoms with E-state index in [1.807, 2.05) is 6.07 Å². The number of H-pyrrole nitrogens is 1. The molecule has 4 heteroatoms. The van der Waals surface area contributed by atoms with Crippen LogP contribution in [0.25, 0.3) is 0 Å². The number of rotatable bonds is 2. The van der Waals surface area contributed by atoms with Crippen molar-refractivity contribution in [2.75, 3.05) is 0 Å². The first kappa shape index (κ1) is 11.1. The van der Waals surface area contributed by atoms with E-state index in [9.17, 15) is 9.18 Å². The summed E-state index contributed by atoms with van der Waals surface area (Å²) in [5.41, 5.74) is 1.49. The molecule has 0 amide bonds. The molecule has 0 aliphatic heterocycles. The summed E-state index contributed by atoms with van der Waals surface area (Å²) in [6.45, 7) is 0. The maximum atomic E-state index is 13.0. The van der Waals surface area contributed by atoms with Crippen molar-refractivity contribution in [1.29, 1.82) is 0 Å². The highest BCUT2D eigenvalue weighted by molar-refractivity contribution is 9.10. The minimum Gasteiger partial charge on any atom is -0.364 e. The maximum Gasteiger partial charge on any atom is 0.195 e. The molecule has 0 fully saturated rings. The average Bonchev–Trinajstić information content (AvgIpc) is 2.25. The van der Waals surface area contributed by atoms with Gasteiger partial charge in [-0.15, -0.1) is 0 Å². The Hall–Kier alpha value is -1.42. The lowest BCUT2D eigenvalue weighted by Gasteiger charge is -2.04. The van der Waals surface area contributed by atoms with Crippen molar-refractivity contribution in [3.8, 4) is 0 Å². The van der Waals surface area contributed by atoms with Gasteiger partial charge < -0.3 is 4.98 Å². The van der Waals surface area contributed by atoms with Gasteiger partial charge in [0.15, 0.2) is 5.43 Å². The predicted octanol–water partition coefficient (Wildman–Crippen LogP) is 2.87. The van der Waals surface area contributed by atoms with Crippen LogP contribution >= 0.6 is 15.9 Å². The summed E-state index contributed by atoms with van der Waals surface area (Å²) >= 11 is 3.22. The summed E-state index contributed by atoms with van der Waals surface area (Å²) in [6, 6.07) is 7.77. The second-order valence-corrected chi connectivity index (χ2v) is 4.23. The van der Waals surface area contributed by atoms with Crippen LogP contribution in [0.1, 0.15) is 11.3 Å². The number of aromatic amines is 1. The smallest absolute Gasteiger partial charge is 0.195 e. The van der Waals surface area contributed by atoms with E-state index in [0.717, 1.165) is 11.3 Å². The summed E-state index contributed by atoms with van der Waals surface area (Å²) < 4.78 is 13.5. The minimum absolute atomic E-state index is 0.0786. The van der Waals surface area contributed by atoms with Gasteiger partial charge in [-0.1, -0.05) is 12.1 Å². The van der Waals surface area contributed by atoms with Crippen LogP contribution in [-0.4, -0.2) is 4.98 Å². The molecule has 0 aliphatic carbocycles. The molecule has 0 unspecified atom stereocenters. The van der Waals surface area contributed by atoms with Crippen LogP contribution in [0.4, 0.5) is 4.39 Å². The molecule has 0 saturated heterocycles. The molecule has 0 atom stereocenters. The Bertz CT molecular complexity index is 565. The molecule has 0 saturated carbocycles. The molecule has 1 heterocycles. The molecule has 1 N–H and O–H groups in total. The lowest BCUT2D eigenvalue weighted by Crippen LogP contribution is -2.06. The second-order valence-electron chi connectivity index (χ2n) is 3.44. The van der Waals surface area contributed by atoms with E-state index < -0.39 is 0 Å². The van der Waals surface area contributed by atoms with Gasteiger partial charge in [-0.05, 0) is 33.6 Å². The van der Waals surface area contributed by atoms with Gasteiger partial charge in [-0.3, -0.25) is 4.79 Å². The van der Waals surface area contributed by atoms with Crippen LogP contribution in [0.3, 0.4) is 0 Å². The molecule has 2 nitrogen and oxygen atoms in total. The number of pyridine rings is 1. The molecule has 1 aromatic carbocycles. The molecule has 0 bridgehead atoms. The topological polar surface area (TPSA) is 32.9 Å². The first-order valence-corrected chi connectivity index (χ1v) is 5.56. The van der Waals surface area contributed by atoms with E-state index >= 15 is 0 Å². The number of benzene rings is 1. The van der Waals surface area contributed by atoms with E-state index in [2.05, 4.69) is 20.9 Å². The molecule has 0 radical (unpaired) electrons. The minimum atomic E-state index is -0.271. The third kappa shape index (κ3) is 2.39. The van der Waals surface area contributed by atoms with Gasteiger partial charge in [0.2, 0.25) is 0 Å². The Labute approximate surface area is 100 Å². The fourth-order valence-electron chi connectivity index (χ4n) is 1.48. The van der Waals surface area contributed by atoms with E-state index in [1.165, 1.54) is 18.2 Å². The van der Waals surface area contributed by atoms with Crippen molar-refractivity contribution in [3.63, 3.8) is 0 Å². The Morgan fingerprint density at radius 1 is 1.31 bits per heavy atom. The lowest BCUT2D eigenvalue weighted by atomic mass is 10.1. The second kappa shape index (κ2) is 4.61. The van der Waals surface area contributed by atoms with Gasteiger partial charge in [0.25, 0.3) is 0 Å². The standard InChI is InChI=1S/C12H9BrFNO/c13-12-10(15-5-4-11(12)16)7-8-2-1-3-9(14)6-8/h1-6H,7H2,(H,15,16). The quantitative estimate of drug-likeness (QED) is 0.902. The first-order valence-electron chi connectivity index (χ1n) is 4.77. The fourth-order valence-corrected chi connectivity index (χ4v) is 1.87. The van der Waals surface area contributed by atoms with Crippen LogP contribution in [0.15, 0.2) is 45.8 Å². The molecular weight excluding hydrogens is 273 g/mol. The molecule has 16 heavy (non-hydrogen) atoms. The van der Waals surface area contributed by atoms with Crippen molar-refractivity contribution in [1.82, 2.24) is 4.98 Å². The fraction of sp³-hybridized carbons (Fsp3) is 0.0833. The normalized spacial score (nSPS) is 10.4. The van der Waals surface area contributed by atoms with Gasteiger partial charge in [-0.2, -0.15) is 0 Å². The maximum absolute atomic E-state index is 13.0. The summed E-state index contributed by atoms with van der Waals surface area (Å²) in [6.07, 6.45) is 2.08. The predicted molar refractivity (Wildman–Crippen MR) is 64.0 cm³/mol. The molecule has 2 rings (SSSR count). The van der Waals surface area contributed by atoms with E-state index in [1.54, 1.807) is 12.3 Å². The van der Waals surface area contributed by atoms with Crippen molar-refractivity contribution in [3.05, 3.63) is 68.3 Å². The molecule has 1 aromatic heterocycles. The highest BCUT2D eigenvalue weighted by Gasteiger charge is 2.05.